The average molecular weight is 214 g/mol. The summed E-state index contributed by atoms with van der Waals surface area (Å²) < 4.78 is 5.74. The molecule has 0 saturated carbocycles. The van der Waals surface area contributed by atoms with Crippen LogP contribution in [0, 0.1) is 11.8 Å². The number of rotatable bonds is 1. The number of hydrogen-bond acceptors (Lipinski definition) is 1. The van der Waals surface area contributed by atoms with Gasteiger partial charge in [-0.15, -0.1) is 0 Å². The second kappa shape index (κ2) is 4.06. The summed E-state index contributed by atoms with van der Waals surface area (Å²) in [6.07, 6.45) is 17.5. The van der Waals surface area contributed by atoms with Gasteiger partial charge in [-0.1, -0.05) is 42.0 Å². The van der Waals surface area contributed by atoms with Crippen LogP contribution in [0.5, 0.6) is 0 Å². The topological polar surface area (TPSA) is 9.23 Å². The molecule has 0 aliphatic heterocycles. The second-order valence-electron chi connectivity index (χ2n) is 4.87. The molecule has 3 unspecified atom stereocenters. The second-order valence-corrected chi connectivity index (χ2v) is 4.87. The standard InChI is InChI=1S/C15H18O/c1-16-15-13-8-4-2-6-11(13)10-12-7-3-5-9-14(12)15/h2,4-6,8-9,11,13,15H,3,7,10H2,1H3. The van der Waals surface area contributed by atoms with E-state index in [1.54, 1.807) is 5.57 Å². The van der Waals surface area contributed by atoms with Crippen LogP contribution in [-0.4, -0.2) is 13.2 Å². The monoisotopic (exact) mass is 214 g/mol. The van der Waals surface area contributed by atoms with E-state index in [9.17, 15) is 0 Å². The molecule has 3 atom stereocenters. The van der Waals surface area contributed by atoms with Crippen LogP contribution < -0.4 is 0 Å². The maximum atomic E-state index is 5.74. The first-order valence-electron chi connectivity index (χ1n) is 6.16. The molecule has 3 aliphatic rings. The largest absolute Gasteiger partial charge is 0.376 e. The molecule has 0 aromatic rings. The Morgan fingerprint density at radius 2 is 2.12 bits per heavy atom. The van der Waals surface area contributed by atoms with Crippen molar-refractivity contribution in [2.24, 2.45) is 11.8 Å². The molecule has 0 spiro atoms. The SMILES string of the molecule is COC1C2=C(CCC=C2)CC2C=CC=CC21. The van der Waals surface area contributed by atoms with Crippen molar-refractivity contribution >= 4 is 0 Å². The number of fused-ring (bicyclic) bond motifs is 1. The van der Waals surface area contributed by atoms with Gasteiger partial charge in [0.05, 0.1) is 6.10 Å². The van der Waals surface area contributed by atoms with Gasteiger partial charge in [0, 0.05) is 13.0 Å². The van der Waals surface area contributed by atoms with Crippen molar-refractivity contribution in [2.75, 3.05) is 7.11 Å². The van der Waals surface area contributed by atoms with Crippen molar-refractivity contribution in [1.82, 2.24) is 0 Å². The Balaban J connectivity index is 2.00. The Bertz CT molecular complexity index is 398. The van der Waals surface area contributed by atoms with Crippen LogP contribution in [0.25, 0.3) is 0 Å². The highest BCUT2D eigenvalue weighted by Gasteiger charge is 2.35. The van der Waals surface area contributed by atoms with Gasteiger partial charge < -0.3 is 4.74 Å². The van der Waals surface area contributed by atoms with Gasteiger partial charge in [-0.25, -0.2) is 0 Å². The van der Waals surface area contributed by atoms with Crippen molar-refractivity contribution < 1.29 is 4.74 Å². The molecule has 3 rings (SSSR count). The predicted octanol–water partition coefficient (Wildman–Crippen LogP) is 3.41. The van der Waals surface area contributed by atoms with Crippen LogP contribution in [-0.2, 0) is 4.74 Å². The summed E-state index contributed by atoms with van der Waals surface area (Å²) in [4.78, 5) is 0. The highest BCUT2D eigenvalue weighted by atomic mass is 16.5. The van der Waals surface area contributed by atoms with E-state index in [0.29, 0.717) is 11.8 Å². The minimum absolute atomic E-state index is 0.270. The maximum Gasteiger partial charge on any atom is 0.0889 e. The van der Waals surface area contributed by atoms with Crippen molar-refractivity contribution in [3.63, 3.8) is 0 Å². The van der Waals surface area contributed by atoms with Crippen molar-refractivity contribution in [3.05, 3.63) is 47.6 Å². The lowest BCUT2D eigenvalue weighted by molar-refractivity contribution is 0.0751. The van der Waals surface area contributed by atoms with Crippen LogP contribution in [0.15, 0.2) is 47.6 Å². The van der Waals surface area contributed by atoms with E-state index in [0.717, 1.165) is 0 Å². The molecule has 1 heteroatoms. The number of ether oxygens (including phenoxy) is 1. The summed E-state index contributed by atoms with van der Waals surface area (Å²) >= 11 is 0. The molecule has 0 amide bonds. The fourth-order valence-corrected chi connectivity index (χ4v) is 3.22. The van der Waals surface area contributed by atoms with Gasteiger partial charge in [-0.2, -0.15) is 0 Å². The first kappa shape index (κ1) is 10.1. The van der Waals surface area contributed by atoms with Crippen LogP contribution in [0.1, 0.15) is 19.3 Å². The summed E-state index contributed by atoms with van der Waals surface area (Å²) in [6, 6.07) is 0. The molecular weight excluding hydrogens is 196 g/mol. The van der Waals surface area contributed by atoms with Crippen molar-refractivity contribution in [1.29, 1.82) is 0 Å². The van der Waals surface area contributed by atoms with E-state index in [1.165, 1.54) is 24.8 Å². The third-order valence-electron chi connectivity index (χ3n) is 4.01. The lowest BCUT2D eigenvalue weighted by Crippen LogP contribution is -2.35. The van der Waals surface area contributed by atoms with E-state index in [2.05, 4.69) is 36.5 Å². The number of hydrogen-bond donors (Lipinski definition) is 0. The van der Waals surface area contributed by atoms with E-state index in [1.807, 2.05) is 7.11 Å². The molecule has 0 bridgehead atoms. The predicted molar refractivity (Wildman–Crippen MR) is 66.1 cm³/mol. The highest BCUT2D eigenvalue weighted by Crippen LogP contribution is 2.42. The van der Waals surface area contributed by atoms with Gasteiger partial charge in [0.2, 0.25) is 0 Å². The molecule has 16 heavy (non-hydrogen) atoms. The molecule has 0 aromatic carbocycles. The molecule has 0 N–H and O–H groups in total. The van der Waals surface area contributed by atoms with E-state index >= 15 is 0 Å². The average Bonchev–Trinajstić information content (AvgIpc) is 2.36. The Morgan fingerprint density at radius 1 is 1.25 bits per heavy atom. The summed E-state index contributed by atoms with van der Waals surface area (Å²) in [5.41, 5.74) is 3.07. The zero-order chi connectivity index (χ0) is 11.0. The zero-order valence-corrected chi connectivity index (χ0v) is 9.73. The molecule has 0 fully saturated rings. The molecule has 0 saturated heterocycles. The van der Waals surface area contributed by atoms with Crippen LogP contribution in [0.4, 0.5) is 0 Å². The van der Waals surface area contributed by atoms with Crippen molar-refractivity contribution in [2.45, 2.75) is 25.4 Å². The zero-order valence-electron chi connectivity index (χ0n) is 9.73. The Labute approximate surface area is 97.2 Å². The van der Waals surface area contributed by atoms with E-state index < -0.39 is 0 Å². The van der Waals surface area contributed by atoms with Crippen LogP contribution in [0.3, 0.4) is 0 Å². The highest BCUT2D eigenvalue weighted by molar-refractivity contribution is 5.39. The number of allylic oxidation sites excluding steroid dienone is 5. The lowest BCUT2D eigenvalue weighted by atomic mass is 9.70. The smallest absolute Gasteiger partial charge is 0.0889 e. The van der Waals surface area contributed by atoms with Crippen LogP contribution >= 0.6 is 0 Å². The fraction of sp³-hybridized carbons (Fsp3) is 0.467. The quantitative estimate of drug-likeness (QED) is 0.650. The van der Waals surface area contributed by atoms with Crippen molar-refractivity contribution in [3.8, 4) is 0 Å². The minimum Gasteiger partial charge on any atom is -0.376 e. The van der Waals surface area contributed by atoms with Gasteiger partial charge in [0.15, 0.2) is 0 Å². The summed E-state index contributed by atoms with van der Waals surface area (Å²) in [6.45, 7) is 0. The molecule has 3 aliphatic carbocycles. The Morgan fingerprint density at radius 3 is 3.00 bits per heavy atom. The van der Waals surface area contributed by atoms with Gasteiger partial charge in [-0.05, 0) is 30.8 Å². The lowest BCUT2D eigenvalue weighted by Gasteiger charge is -2.39. The Kier molecular flexibility index (Phi) is 2.56. The maximum absolute atomic E-state index is 5.74. The van der Waals surface area contributed by atoms with Crippen LogP contribution in [0.2, 0.25) is 0 Å². The molecule has 0 heterocycles. The first-order valence-corrected chi connectivity index (χ1v) is 6.16. The number of methoxy groups -OCH3 is 1. The van der Waals surface area contributed by atoms with Gasteiger partial charge in [-0.3, -0.25) is 0 Å². The summed E-state index contributed by atoms with van der Waals surface area (Å²) in [7, 11) is 1.84. The molecule has 0 aromatic heterocycles. The third kappa shape index (κ3) is 1.51. The van der Waals surface area contributed by atoms with Gasteiger partial charge >= 0.3 is 0 Å². The van der Waals surface area contributed by atoms with E-state index in [4.69, 9.17) is 4.74 Å². The summed E-state index contributed by atoms with van der Waals surface area (Å²) in [5.74, 6) is 1.19. The normalized spacial score (nSPS) is 36.2. The van der Waals surface area contributed by atoms with Gasteiger partial charge in [0.1, 0.15) is 0 Å². The summed E-state index contributed by atoms with van der Waals surface area (Å²) in [5, 5.41) is 0. The Hall–Kier alpha value is -1.08. The third-order valence-corrected chi connectivity index (χ3v) is 4.01. The molecule has 0 radical (unpaired) electrons. The van der Waals surface area contributed by atoms with Gasteiger partial charge in [0.25, 0.3) is 0 Å². The minimum atomic E-state index is 0.270. The molecular formula is C15H18O. The van der Waals surface area contributed by atoms with E-state index in [-0.39, 0.29) is 6.10 Å². The molecule has 1 nitrogen and oxygen atoms in total. The molecule has 84 valence electrons. The first-order chi connectivity index (χ1) is 7.90. The fourth-order valence-electron chi connectivity index (χ4n) is 3.22.